The zero-order valence-corrected chi connectivity index (χ0v) is 16.9. The van der Waals surface area contributed by atoms with E-state index in [-0.39, 0.29) is 12.0 Å². The van der Waals surface area contributed by atoms with Gasteiger partial charge in [-0.3, -0.25) is 9.48 Å². The lowest BCUT2D eigenvalue weighted by Crippen LogP contribution is -2.46. The number of anilines is 1. The van der Waals surface area contributed by atoms with Gasteiger partial charge in [0.05, 0.1) is 37.1 Å². The SMILES string of the molecule is CCN1CC(CN(C)C(=O)c2cnn(Cc3ccccc3)c2)Oc2ccccc21. The van der Waals surface area contributed by atoms with Crippen molar-refractivity contribution in [2.45, 2.75) is 19.6 Å². The second-order valence-electron chi connectivity index (χ2n) is 7.34. The smallest absolute Gasteiger partial charge is 0.256 e. The summed E-state index contributed by atoms with van der Waals surface area (Å²) in [5.41, 5.74) is 2.85. The lowest BCUT2D eigenvalue weighted by molar-refractivity contribution is 0.0709. The Morgan fingerprint density at radius 2 is 1.93 bits per heavy atom. The molecular weight excluding hydrogens is 364 g/mol. The first kappa shape index (κ1) is 19.1. The van der Waals surface area contributed by atoms with Crippen LogP contribution in [0.25, 0.3) is 0 Å². The van der Waals surface area contributed by atoms with Crippen molar-refractivity contribution in [3.63, 3.8) is 0 Å². The number of amides is 1. The van der Waals surface area contributed by atoms with E-state index in [9.17, 15) is 4.79 Å². The van der Waals surface area contributed by atoms with E-state index in [1.165, 1.54) is 0 Å². The second kappa shape index (κ2) is 8.39. The molecular formula is C23H26N4O2. The van der Waals surface area contributed by atoms with Crippen LogP contribution in [-0.2, 0) is 6.54 Å². The van der Waals surface area contributed by atoms with E-state index in [4.69, 9.17) is 4.74 Å². The molecule has 3 aromatic rings. The molecule has 1 atom stereocenters. The first-order valence-corrected chi connectivity index (χ1v) is 9.96. The van der Waals surface area contributed by atoms with Gasteiger partial charge in [0, 0.05) is 19.8 Å². The van der Waals surface area contributed by atoms with E-state index in [1.807, 2.05) is 55.6 Å². The fourth-order valence-electron chi connectivity index (χ4n) is 3.71. The van der Waals surface area contributed by atoms with Crippen molar-refractivity contribution >= 4 is 11.6 Å². The number of hydrogen-bond donors (Lipinski definition) is 0. The predicted octanol–water partition coefficient (Wildman–Crippen LogP) is 3.29. The maximum absolute atomic E-state index is 12.9. The summed E-state index contributed by atoms with van der Waals surface area (Å²) >= 11 is 0. The number of likely N-dealkylation sites (N-methyl/N-ethyl adjacent to an activating group) is 2. The van der Waals surface area contributed by atoms with Gasteiger partial charge in [-0.15, -0.1) is 0 Å². The average Bonchev–Trinajstić information content (AvgIpc) is 3.21. The van der Waals surface area contributed by atoms with Crippen LogP contribution in [0.4, 0.5) is 5.69 Å². The summed E-state index contributed by atoms with van der Waals surface area (Å²) in [6.07, 6.45) is 3.37. The minimum Gasteiger partial charge on any atom is -0.485 e. The summed E-state index contributed by atoms with van der Waals surface area (Å²) in [6.45, 7) is 4.97. The van der Waals surface area contributed by atoms with E-state index in [0.29, 0.717) is 18.7 Å². The minimum atomic E-state index is -0.0711. The number of rotatable bonds is 6. The molecule has 2 heterocycles. The second-order valence-corrected chi connectivity index (χ2v) is 7.34. The van der Waals surface area contributed by atoms with E-state index in [1.54, 1.807) is 22.0 Å². The van der Waals surface area contributed by atoms with Gasteiger partial charge in [0.2, 0.25) is 0 Å². The van der Waals surface area contributed by atoms with Crippen LogP contribution in [0.5, 0.6) is 5.75 Å². The fourth-order valence-corrected chi connectivity index (χ4v) is 3.71. The Morgan fingerprint density at radius 3 is 2.72 bits per heavy atom. The van der Waals surface area contributed by atoms with Gasteiger partial charge in [0.25, 0.3) is 5.91 Å². The van der Waals surface area contributed by atoms with Crippen molar-refractivity contribution < 1.29 is 9.53 Å². The molecule has 1 aliphatic heterocycles. The quantitative estimate of drug-likeness (QED) is 0.648. The molecule has 150 valence electrons. The first-order valence-electron chi connectivity index (χ1n) is 9.96. The molecule has 1 aliphatic rings. The Labute approximate surface area is 171 Å². The highest BCUT2D eigenvalue weighted by Crippen LogP contribution is 2.32. The van der Waals surface area contributed by atoms with E-state index in [0.717, 1.165) is 30.1 Å². The van der Waals surface area contributed by atoms with Crippen LogP contribution in [0.3, 0.4) is 0 Å². The number of carbonyl (C=O) groups is 1. The predicted molar refractivity (Wildman–Crippen MR) is 113 cm³/mol. The van der Waals surface area contributed by atoms with Crippen molar-refractivity contribution in [1.29, 1.82) is 0 Å². The van der Waals surface area contributed by atoms with Gasteiger partial charge in [-0.1, -0.05) is 42.5 Å². The Kier molecular flexibility index (Phi) is 5.51. The minimum absolute atomic E-state index is 0.0465. The summed E-state index contributed by atoms with van der Waals surface area (Å²) < 4.78 is 7.94. The van der Waals surface area contributed by atoms with Crippen LogP contribution in [0, 0.1) is 0 Å². The number of carbonyl (C=O) groups excluding carboxylic acids is 1. The molecule has 0 fully saturated rings. The lowest BCUT2D eigenvalue weighted by Gasteiger charge is -2.37. The largest absolute Gasteiger partial charge is 0.485 e. The normalized spacial score (nSPS) is 15.5. The molecule has 6 nitrogen and oxygen atoms in total. The third kappa shape index (κ3) is 4.26. The van der Waals surface area contributed by atoms with Crippen LogP contribution >= 0.6 is 0 Å². The Hall–Kier alpha value is -3.28. The van der Waals surface area contributed by atoms with Crippen LogP contribution in [0.15, 0.2) is 67.0 Å². The standard InChI is InChI=1S/C23H26N4O2/c1-3-26-17-20(29-22-12-8-7-11-21(22)26)16-25(2)23(28)19-13-24-27(15-19)14-18-9-5-4-6-10-18/h4-13,15,20H,3,14,16-17H2,1-2H3. The average molecular weight is 390 g/mol. The number of para-hydroxylation sites is 2. The zero-order chi connectivity index (χ0) is 20.2. The monoisotopic (exact) mass is 390 g/mol. The molecule has 0 aliphatic carbocycles. The Morgan fingerprint density at radius 1 is 1.17 bits per heavy atom. The topological polar surface area (TPSA) is 50.6 Å². The molecule has 0 spiro atoms. The number of nitrogens with zero attached hydrogens (tertiary/aromatic N) is 4. The maximum Gasteiger partial charge on any atom is 0.256 e. The van der Waals surface area contributed by atoms with Gasteiger partial charge < -0.3 is 14.5 Å². The van der Waals surface area contributed by atoms with E-state index in [2.05, 4.69) is 23.0 Å². The number of fused-ring (bicyclic) bond motifs is 1. The van der Waals surface area contributed by atoms with Gasteiger partial charge in [0.15, 0.2) is 0 Å². The van der Waals surface area contributed by atoms with E-state index < -0.39 is 0 Å². The number of hydrogen-bond acceptors (Lipinski definition) is 4. The Balaban J connectivity index is 1.40. The van der Waals surface area contributed by atoms with Crippen molar-refractivity contribution in [2.24, 2.45) is 0 Å². The fraction of sp³-hybridized carbons (Fsp3) is 0.304. The summed E-state index contributed by atoms with van der Waals surface area (Å²) in [7, 11) is 1.82. The molecule has 4 rings (SSSR count). The van der Waals surface area contributed by atoms with Crippen LogP contribution in [0.2, 0.25) is 0 Å². The van der Waals surface area contributed by atoms with Crippen molar-refractivity contribution in [1.82, 2.24) is 14.7 Å². The lowest BCUT2D eigenvalue weighted by atomic mass is 10.1. The number of ether oxygens (including phenoxy) is 1. The van der Waals surface area contributed by atoms with Crippen molar-refractivity contribution in [3.05, 3.63) is 78.1 Å². The van der Waals surface area contributed by atoms with Crippen molar-refractivity contribution in [2.75, 3.05) is 31.6 Å². The third-order valence-corrected chi connectivity index (χ3v) is 5.20. The zero-order valence-electron chi connectivity index (χ0n) is 16.9. The third-order valence-electron chi connectivity index (χ3n) is 5.20. The van der Waals surface area contributed by atoms with Gasteiger partial charge in [-0.25, -0.2) is 0 Å². The van der Waals surface area contributed by atoms with Gasteiger partial charge in [0.1, 0.15) is 11.9 Å². The molecule has 0 N–H and O–H groups in total. The Bertz CT molecular complexity index is 970. The number of benzene rings is 2. The van der Waals surface area contributed by atoms with Gasteiger partial charge >= 0.3 is 0 Å². The number of aromatic nitrogens is 2. The maximum atomic E-state index is 12.9. The highest BCUT2D eigenvalue weighted by molar-refractivity contribution is 5.93. The molecule has 2 aromatic carbocycles. The summed E-state index contributed by atoms with van der Waals surface area (Å²) in [5, 5.41) is 4.35. The molecule has 0 saturated heterocycles. The molecule has 1 amide bonds. The molecule has 1 aromatic heterocycles. The van der Waals surface area contributed by atoms with Crippen LogP contribution in [0.1, 0.15) is 22.8 Å². The molecule has 6 heteroatoms. The highest BCUT2D eigenvalue weighted by atomic mass is 16.5. The first-order chi connectivity index (χ1) is 14.1. The van der Waals surface area contributed by atoms with Crippen LogP contribution in [-0.4, -0.2) is 53.4 Å². The van der Waals surface area contributed by atoms with Gasteiger partial charge in [-0.05, 0) is 24.6 Å². The molecule has 0 bridgehead atoms. The molecule has 1 unspecified atom stereocenters. The van der Waals surface area contributed by atoms with Gasteiger partial charge in [-0.2, -0.15) is 5.10 Å². The summed E-state index contributed by atoms with van der Waals surface area (Å²) in [4.78, 5) is 16.9. The summed E-state index contributed by atoms with van der Waals surface area (Å²) in [6, 6.07) is 18.1. The molecule has 29 heavy (non-hydrogen) atoms. The van der Waals surface area contributed by atoms with E-state index >= 15 is 0 Å². The van der Waals surface area contributed by atoms with Crippen LogP contribution < -0.4 is 9.64 Å². The molecule has 0 radical (unpaired) electrons. The highest BCUT2D eigenvalue weighted by Gasteiger charge is 2.27. The molecule has 0 saturated carbocycles. The summed E-state index contributed by atoms with van der Waals surface area (Å²) in [5.74, 6) is 0.831. The van der Waals surface area contributed by atoms with Crippen molar-refractivity contribution in [3.8, 4) is 5.75 Å².